The van der Waals surface area contributed by atoms with Crippen molar-refractivity contribution in [3.8, 4) is 0 Å². The van der Waals surface area contributed by atoms with Crippen LogP contribution in [-0.2, 0) is 29.1 Å². The third kappa shape index (κ3) is 18.0. The maximum Gasteiger partial charge on any atom is 0.264 e. The lowest BCUT2D eigenvalue weighted by atomic mass is 9.87. The zero-order valence-electron chi connectivity index (χ0n) is 47.1. The maximum absolute atomic E-state index is 11.8. The number of hydrogen-bond acceptors (Lipinski definition) is 11. The molecule has 0 atom stereocenters. The van der Waals surface area contributed by atoms with Crippen LogP contribution in [0, 0.1) is 0 Å². The Kier molecular flexibility index (Phi) is 21.7. The van der Waals surface area contributed by atoms with Gasteiger partial charge in [0.15, 0.2) is 0 Å². The molecule has 0 aromatic heterocycles. The molecular formula is C64H80N6O7S2. The van der Waals surface area contributed by atoms with E-state index in [1.165, 1.54) is 23.9 Å². The highest BCUT2D eigenvalue weighted by Gasteiger charge is 2.23. The zero-order valence-corrected chi connectivity index (χ0v) is 48.7. The third-order valence-corrected chi connectivity index (χ3v) is 15.6. The summed E-state index contributed by atoms with van der Waals surface area (Å²) >= 11 is 0. The van der Waals surface area contributed by atoms with Gasteiger partial charge in [0.2, 0.25) is 15.9 Å². The Bertz CT molecular complexity index is 3170. The molecule has 13 nitrogen and oxygen atoms in total. The van der Waals surface area contributed by atoms with E-state index in [-0.39, 0.29) is 19.1 Å². The fraction of sp³-hybridized carbons (Fsp3) is 0.359. The van der Waals surface area contributed by atoms with E-state index >= 15 is 0 Å². The minimum Gasteiger partial charge on any atom is -0.396 e. The third-order valence-electron chi connectivity index (χ3n) is 14.4. The van der Waals surface area contributed by atoms with E-state index in [0.717, 1.165) is 127 Å². The first-order chi connectivity index (χ1) is 37.9. The standard InChI is InChI=1S/C32H41N3O5S2.C32H39N3O2/c1-25(2)34-20-22-35(23-21-34)30-18-14-28(15-19-30)32(27-12-16-29(17-13-27)33-41(3,36)37)31(26-9-6-5-7-10-26)11-8-24-40-42(4,38)39;1-24(2)34-19-21-35(22-20-34)30-17-13-28(14-18-30)32(27-11-15-29(16-12-27)33-25(3)37)31(10-7-23-36)26-8-5-4-6-9-26/h5-7,9-10,12-19,25,33H,8,11,20-24H2,1-4H3;4-6,8-9,11-18,24,36H,7,10,19-23H2,1-3H3,(H,33,37)/b2*32-31-. The molecule has 2 aliphatic heterocycles. The lowest BCUT2D eigenvalue weighted by Gasteiger charge is -2.38. The van der Waals surface area contributed by atoms with E-state index in [2.05, 4.69) is 154 Å². The van der Waals surface area contributed by atoms with Crippen molar-refractivity contribution in [1.82, 2.24) is 9.80 Å². The van der Waals surface area contributed by atoms with Crippen molar-refractivity contribution >= 4 is 71.1 Å². The van der Waals surface area contributed by atoms with Crippen LogP contribution in [0.15, 0.2) is 158 Å². The molecule has 0 aliphatic carbocycles. The summed E-state index contributed by atoms with van der Waals surface area (Å²) in [6.07, 6.45) is 4.73. The van der Waals surface area contributed by atoms with Crippen molar-refractivity contribution in [2.45, 2.75) is 72.4 Å². The van der Waals surface area contributed by atoms with Gasteiger partial charge >= 0.3 is 0 Å². The Morgan fingerprint density at radius 2 is 0.873 bits per heavy atom. The maximum atomic E-state index is 11.8. The first-order valence-electron chi connectivity index (χ1n) is 27.5. The second-order valence-electron chi connectivity index (χ2n) is 20.9. The lowest BCUT2D eigenvalue weighted by Crippen LogP contribution is -2.48. The molecule has 0 unspecified atom stereocenters. The van der Waals surface area contributed by atoms with Crippen molar-refractivity contribution in [3.63, 3.8) is 0 Å². The van der Waals surface area contributed by atoms with Crippen molar-refractivity contribution in [2.24, 2.45) is 0 Å². The van der Waals surface area contributed by atoms with Gasteiger partial charge in [0, 0.05) is 101 Å². The Morgan fingerprint density at radius 3 is 1.22 bits per heavy atom. The van der Waals surface area contributed by atoms with Crippen LogP contribution in [0.1, 0.15) is 93.7 Å². The van der Waals surface area contributed by atoms with Gasteiger partial charge in [0.05, 0.1) is 19.1 Å². The topological polar surface area (TPSA) is 152 Å². The van der Waals surface area contributed by atoms with Gasteiger partial charge in [0.1, 0.15) is 0 Å². The summed E-state index contributed by atoms with van der Waals surface area (Å²) < 4.78 is 54.3. The van der Waals surface area contributed by atoms with Gasteiger partial charge in [-0.25, -0.2) is 8.42 Å². The van der Waals surface area contributed by atoms with E-state index in [9.17, 15) is 26.7 Å². The van der Waals surface area contributed by atoms with Gasteiger partial charge in [-0.1, -0.05) is 109 Å². The molecule has 3 N–H and O–H groups in total. The van der Waals surface area contributed by atoms with Crippen LogP contribution in [0.25, 0.3) is 22.3 Å². The number of amides is 1. The number of carbonyl (C=O) groups excluding carboxylic acids is 1. The molecule has 2 aliphatic rings. The highest BCUT2D eigenvalue weighted by atomic mass is 32.2. The monoisotopic (exact) mass is 1110 g/mol. The number of hydrogen-bond donors (Lipinski definition) is 3. The van der Waals surface area contributed by atoms with E-state index < -0.39 is 20.1 Å². The van der Waals surface area contributed by atoms with Crippen molar-refractivity contribution in [2.75, 3.05) is 97.9 Å². The molecule has 6 aromatic carbocycles. The lowest BCUT2D eigenvalue weighted by molar-refractivity contribution is -0.114. The van der Waals surface area contributed by atoms with E-state index in [0.29, 0.717) is 37.0 Å². The molecule has 79 heavy (non-hydrogen) atoms. The molecule has 15 heteroatoms. The number of carbonyl (C=O) groups is 1. The van der Waals surface area contributed by atoms with Gasteiger partial charge in [-0.2, -0.15) is 8.42 Å². The number of piperazine rings is 2. The SMILES string of the molecule is CC(=O)Nc1ccc(/C(=C(\CCCO)c2ccccc2)c2ccc(N3CCN(C(C)C)CC3)cc2)cc1.CC(C)N1CCN(c2ccc(/C(=C(/CCCOS(C)(=O)=O)c3ccccc3)c3ccc(NS(C)(=O)=O)cc3)cc2)CC1. The van der Waals surface area contributed by atoms with Crippen LogP contribution in [0.4, 0.5) is 22.7 Å². The van der Waals surface area contributed by atoms with Gasteiger partial charge in [-0.15, -0.1) is 0 Å². The average molecular weight is 1110 g/mol. The summed E-state index contributed by atoms with van der Waals surface area (Å²) in [4.78, 5) is 21.4. The molecule has 2 heterocycles. The average Bonchev–Trinajstić information content (AvgIpc) is 3.43. The zero-order chi connectivity index (χ0) is 56.5. The smallest absolute Gasteiger partial charge is 0.264 e. The second-order valence-corrected chi connectivity index (χ2v) is 24.3. The number of sulfonamides is 1. The van der Waals surface area contributed by atoms with Gasteiger partial charge in [-0.3, -0.25) is 23.5 Å². The predicted molar refractivity (Wildman–Crippen MR) is 327 cm³/mol. The molecule has 0 spiro atoms. The predicted octanol–water partition coefficient (Wildman–Crippen LogP) is 11.2. The van der Waals surface area contributed by atoms with Crippen LogP contribution in [0.2, 0.25) is 0 Å². The minimum absolute atomic E-state index is 0.0822. The summed E-state index contributed by atoms with van der Waals surface area (Å²) in [5, 5.41) is 12.5. The molecule has 8 rings (SSSR count). The highest BCUT2D eigenvalue weighted by Crippen LogP contribution is 2.38. The number of rotatable bonds is 21. The quantitative estimate of drug-likeness (QED) is 0.0359. The molecule has 0 bridgehead atoms. The summed E-state index contributed by atoms with van der Waals surface area (Å²) in [5.41, 5.74) is 14.5. The van der Waals surface area contributed by atoms with Crippen LogP contribution in [0.5, 0.6) is 0 Å². The second kappa shape index (κ2) is 28.5. The summed E-state index contributed by atoms with van der Waals surface area (Å²) in [5.74, 6) is -0.0822. The van der Waals surface area contributed by atoms with Crippen molar-refractivity contribution in [3.05, 3.63) is 191 Å². The fourth-order valence-electron chi connectivity index (χ4n) is 10.4. The Hall–Kier alpha value is -6.59. The summed E-state index contributed by atoms with van der Waals surface area (Å²) in [7, 11) is -6.94. The van der Waals surface area contributed by atoms with Crippen LogP contribution in [0.3, 0.4) is 0 Å². The van der Waals surface area contributed by atoms with Gasteiger partial charge < -0.3 is 20.2 Å². The highest BCUT2D eigenvalue weighted by molar-refractivity contribution is 7.92. The van der Waals surface area contributed by atoms with E-state index in [4.69, 9.17) is 4.18 Å². The summed E-state index contributed by atoms with van der Waals surface area (Å²) in [6, 6.07) is 54.5. The summed E-state index contributed by atoms with van der Waals surface area (Å²) in [6.45, 7) is 19.0. The molecule has 2 saturated heterocycles. The first kappa shape index (κ1) is 60.1. The molecular weight excluding hydrogens is 1030 g/mol. The van der Waals surface area contributed by atoms with Crippen LogP contribution >= 0.6 is 0 Å². The Morgan fingerprint density at radius 1 is 0.506 bits per heavy atom. The number of aliphatic hydroxyl groups is 1. The largest absolute Gasteiger partial charge is 0.396 e. The number of aliphatic hydroxyl groups excluding tert-OH is 1. The molecule has 1 amide bonds. The minimum atomic E-state index is -3.53. The molecule has 0 radical (unpaired) electrons. The number of allylic oxidation sites excluding steroid dienone is 2. The van der Waals surface area contributed by atoms with Crippen LogP contribution in [-0.4, -0.2) is 128 Å². The fourth-order valence-corrected chi connectivity index (χ4v) is 11.3. The number of nitrogens with one attached hydrogen (secondary N) is 2. The molecule has 420 valence electrons. The number of anilines is 4. The Balaban J connectivity index is 0.000000230. The normalized spacial score (nSPS) is 15.3. The number of benzene rings is 6. The first-order valence-corrected chi connectivity index (χ1v) is 31.2. The van der Waals surface area contributed by atoms with Crippen molar-refractivity contribution in [1.29, 1.82) is 0 Å². The molecule has 2 fully saturated rings. The van der Waals surface area contributed by atoms with Gasteiger partial charge in [0.25, 0.3) is 10.1 Å². The van der Waals surface area contributed by atoms with Crippen molar-refractivity contribution < 1.29 is 30.9 Å². The Labute approximate surface area is 470 Å². The van der Waals surface area contributed by atoms with E-state index in [1.54, 1.807) is 12.1 Å². The van der Waals surface area contributed by atoms with Gasteiger partial charge in [-0.05, 0) is 158 Å². The van der Waals surface area contributed by atoms with Crippen LogP contribution < -0.4 is 19.8 Å². The van der Waals surface area contributed by atoms with E-state index in [1.807, 2.05) is 48.5 Å². The molecule has 6 aromatic rings. The molecule has 0 saturated carbocycles. The number of nitrogens with zero attached hydrogens (tertiary/aromatic N) is 4.